The number of carbonyl (C=O) groups excluding carboxylic acids is 2. The van der Waals surface area contributed by atoms with E-state index in [0.29, 0.717) is 76.7 Å². The Hall–Kier alpha value is -4.30. The van der Waals surface area contributed by atoms with Crippen molar-refractivity contribution in [3.05, 3.63) is 103 Å². The number of carbonyl (C=O) groups is 2. The normalized spacial score (nSPS) is 11.1. The topological polar surface area (TPSA) is 153 Å². The van der Waals surface area contributed by atoms with Gasteiger partial charge in [0.05, 0.1) is 54.1 Å². The lowest BCUT2D eigenvalue weighted by atomic mass is 10.0. The summed E-state index contributed by atoms with van der Waals surface area (Å²) < 4.78 is 13.3. The minimum Gasteiger partial charge on any atom is -0.461 e. The van der Waals surface area contributed by atoms with Gasteiger partial charge in [-0.1, -0.05) is 46.4 Å². The molecule has 12 nitrogen and oxygen atoms in total. The van der Waals surface area contributed by atoms with Crippen molar-refractivity contribution in [2.75, 3.05) is 13.2 Å². The Balaban J connectivity index is 0.000000194. The largest absolute Gasteiger partial charge is 0.461 e. The molecule has 0 spiro atoms. The van der Waals surface area contributed by atoms with Gasteiger partial charge in [-0.3, -0.25) is 8.80 Å². The Morgan fingerprint density at radius 1 is 0.740 bits per heavy atom. The second-order valence-corrected chi connectivity index (χ2v) is 12.3. The van der Waals surface area contributed by atoms with Gasteiger partial charge >= 0.3 is 11.9 Å². The molecule has 0 saturated heterocycles. The summed E-state index contributed by atoms with van der Waals surface area (Å²) in [6.07, 6.45) is 2.92. The molecule has 4 aromatic heterocycles. The number of imidazole rings is 2. The van der Waals surface area contributed by atoms with Crippen molar-refractivity contribution in [2.45, 2.75) is 40.9 Å². The number of aliphatic hydroxyl groups excluding tert-OH is 2. The van der Waals surface area contributed by atoms with E-state index in [1.807, 2.05) is 0 Å². The van der Waals surface area contributed by atoms with E-state index >= 15 is 0 Å². The number of esters is 2. The Morgan fingerprint density at radius 3 is 1.80 bits per heavy atom. The SMILES string of the molecule is CCOC(=O)c1cn2c(-c3ccc(Cl)cc3Cl)c(CO)c(C)nc2n1.CCOC(=O)c1cnc2nc(C)c(CO)c(-c3ccc(Cl)cc3Cl)n12. The highest BCUT2D eigenvalue weighted by atomic mass is 35.5. The van der Waals surface area contributed by atoms with Gasteiger partial charge in [-0.05, 0) is 64.1 Å². The molecule has 0 amide bonds. The molecular formula is C34H30Cl4N6O6. The van der Waals surface area contributed by atoms with Crippen molar-refractivity contribution in [1.29, 1.82) is 0 Å². The number of fused-ring (bicyclic) bond motifs is 2. The van der Waals surface area contributed by atoms with Crippen LogP contribution < -0.4 is 0 Å². The Labute approximate surface area is 306 Å². The Bertz CT molecular complexity index is 2240. The van der Waals surface area contributed by atoms with Crippen LogP contribution >= 0.6 is 46.4 Å². The highest BCUT2D eigenvalue weighted by Gasteiger charge is 2.24. The highest BCUT2D eigenvalue weighted by molar-refractivity contribution is 6.37. The minimum absolute atomic E-state index is 0.134. The highest BCUT2D eigenvalue weighted by Crippen LogP contribution is 2.36. The predicted octanol–water partition coefficient (Wildman–Crippen LogP) is 7.36. The maximum Gasteiger partial charge on any atom is 0.358 e. The summed E-state index contributed by atoms with van der Waals surface area (Å²) in [5.74, 6) is -0.433. The number of halogens is 4. The van der Waals surface area contributed by atoms with Gasteiger partial charge < -0.3 is 19.7 Å². The van der Waals surface area contributed by atoms with Crippen LogP contribution in [-0.2, 0) is 22.7 Å². The number of benzene rings is 2. The third-order valence-corrected chi connectivity index (χ3v) is 8.63. The molecule has 6 rings (SSSR count). The van der Waals surface area contributed by atoms with E-state index in [1.165, 1.54) is 12.4 Å². The van der Waals surface area contributed by atoms with Gasteiger partial charge in [-0.2, -0.15) is 0 Å². The van der Waals surface area contributed by atoms with Crippen LogP contribution in [0.4, 0.5) is 0 Å². The molecule has 0 bridgehead atoms. The Kier molecular flexibility index (Phi) is 11.6. The zero-order chi connectivity index (χ0) is 36.3. The molecule has 2 N–H and O–H groups in total. The first kappa shape index (κ1) is 37.0. The van der Waals surface area contributed by atoms with Crippen LogP contribution in [0.15, 0.2) is 48.8 Å². The maximum atomic E-state index is 12.3. The first-order valence-corrected chi connectivity index (χ1v) is 16.7. The predicted molar refractivity (Wildman–Crippen MR) is 190 cm³/mol. The van der Waals surface area contributed by atoms with Gasteiger partial charge in [-0.25, -0.2) is 29.5 Å². The van der Waals surface area contributed by atoms with Gasteiger partial charge in [0.25, 0.3) is 0 Å². The summed E-state index contributed by atoms with van der Waals surface area (Å²) in [5.41, 5.74) is 5.06. The molecule has 0 saturated carbocycles. The fourth-order valence-electron chi connectivity index (χ4n) is 5.28. The van der Waals surface area contributed by atoms with Crippen LogP contribution in [0.2, 0.25) is 20.1 Å². The van der Waals surface area contributed by atoms with Crippen LogP contribution in [0.1, 0.15) is 57.3 Å². The van der Waals surface area contributed by atoms with Gasteiger partial charge in [-0.15, -0.1) is 0 Å². The summed E-state index contributed by atoms with van der Waals surface area (Å²) in [7, 11) is 0. The number of aliphatic hydroxyl groups is 2. The molecule has 0 radical (unpaired) electrons. The van der Waals surface area contributed by atoms with E-state index in [9.17, 15) is 19.8 Å². The van der Waals surface area contributed by atoms with Crippen molar-refractivity contribution in [3.8, 4) is 22.5 Å². The molecule has 50 heavy (non-hydrogen) atoms. The molecule has 0 fully saturated rings. The number of hydrogen-bond acceptors (Lipinski definition) is 10. The van der Waals surface area contributed by atoms with E-state index in [-0.39, 0.29) is 37.8 Å². The molecule has 2 aromatic carbocycles. The first-order chi connectivity index (χ1) is 23.9. The third-order valence-electron chi connectivity index (χ3n) is 7.53. The lowest BCUT2D eigenvalue weighted by Gasteiger charge is -2.16. The molecule has 4 heterocycles. The van der Waals surface area contributed by atoms with Gasteiger partial charge in [0.15, 0.2) is 11.4 Å². The quantitative estimate of drug-likeness (QED) is 0.151. The fourth-order valence-corrected chi connectivity index (χ4v) is 6.28. The smallest absolute Gasteiger partial charge is 0.358 e. The van der Waals surface area contributed by atoms with Gasteiger partial charge in [0.1, 0.15) is 0 Å². The lowest BCUT2D eigenvalue weighted by molar-refractivity contribution is 0.0510. The molecule has 6 aromatic rings. The maximum absolute atomic E-state index is 12.3. The molecule has 260 valence electrons. The van der Waals surface area contributed by atoms with E-state index in [4.69, 9.17) is 55.9 Å². The number of hydrogen-bond donors (Lipinski definition) is 2. The number of aryl methyl sites for hydroxylation is 2. The van der Waals surface area contributed by atoms with Crippen LogP contribution in [-0.4, -0.2) is 64.1 Å². The van der Waals surface area contributed by atoms with Crippen molar-refractivity contribution in [2.24, 2.45) is 0 Å². The van der Waals surface area contributed by atoms with Gasteiger partial charge in [0.2, 0.25) is 11.6 Å². The molecule has 0 aliphatic rings. The van der Waals surface area contributed by atoms with Crippen molar-refractivity contribution in [1.82, 2.24) is 28.7 Å². The zero-order valence-electron chi connectivity index (χ0n) is 27.2. The molecule has 0 unspecified atom stereocenters. The van der Waals surface area contributed by atoms with Crippen LogP contribution in [0.5, 0.6) is 0 Å². The molecule has 0 aliphatic carbocycles. The van der Waals surface area contributed by atoms with E-state index in [2.05, 4.69) is 19.9 Å². The molecule has 16 heteroatoms. The van der Waals surface area contributed by atoms with E-state index in [0.717, 1.165) is 0 Å². The summed E-state index contributed by atoms with van der Waals surface area (Å²) >= 11 is 24.7. The summed E-state index contributed by atoms with van der Waals surface area (Å²) in [4.78, 5) is 41.4. The zero-order valence-corrected chi connectivity index (χ0v) is 30.2. The molecule has 0 aliphatic heterocycles. The number of aromatic nitrogens is 6. The monoisotopic (exact) mass is 758 g/mol. The average molecular weight is 760 g/mol. The summed E-state index contributed by atoms with van der Waals surface area (Å²) in [6, 6.07) is 10.1. The van der Waals surface area contributed by atoms with Crippen molar-refractivity contribution >= 4 is 69.9 Å². The fraction of sp³-hybridized carbons (Fsp3) is 0.235. The Morgan fingerprint density at radius 2 is 1.26 bits per heavy atom. The average Bonchev–Trinajstić information content (AvgIpc) is 3.69. The third kappa shape index (κ3) is 7.27. The number of ether oxygens (including phenoxy) is 2. The first-order valence-electron chi connectivity index (χ1n) is 15.2. The summed E-state index contributed by atoms with van der Waals surface area (Å²) in [6.45, 7) is 6.93. The van der Waals surface area contributed by atoms with Crippen LogP contribution in [0, 0.1) is 13.8 Å². The van der Waals surface area contributed by atoms with Crippen LogP contribution in [0.25, 0.3) is 34.1 Å². The molecule has 0 atom stereocenters. The van der Waals surface area contributed by atoms with E-state index in [1.54, 1.807) is 72.9 Å². The number of nitrogens with zero attached hydrogens (tertiary/aromatic N) is 6. The van der Waals surface area contributed by atoms with Gasteiger partial charge in [0, 0.05) is 49.9 Å². The standard InChI is InChI=1S/2C17H15Cl2N3O3/c1-3-25-16(24)14-7-22-15(11-5-4-10(18)6-13(11)19)12(8-23)9(2)20-17(22)21-14;1-3-25-16(24)14-7-20-17-21-9(2)12(8-23)15(22(14)17)11-5-4-10(18)6-13(11)19/h2*4-7,23H,3,8H2,1-2H3. The van der Waals surface area contributed by atoms with E-state index < -0.39 is 11.9 Å². The lowest BCUT2D eigenvalue weighted by Crippen LogP contribution is -2.12. The van der Waals surface area contributed by atoms with Crippen LogP contribution in [0.3, 0.4) is 0 Å². The minimum atomic E-state index is -0.538. The second kappa shape index (κ2) is 15.7. The van der Waals surface area contributed by atoms with Crippen molar-refractivity contribution < 1.29 is 29.3 Å². The molecular weight excluding hydrogens is 730 g/mol. The number of rotatable bonds is 8. The second-order valence-electron chi connectivity index (χ2n) is 10.6. The van der Waals surface area contributed by atoms with Crippen molar-refractivity contribution in [3.63, 3.8) is 0 Å². The summed E-state index contributed by atoms with van der Waals surface area (Å²) in [5, 5.41) is 21.5.